The van der Waals surface area contributed by atoms with Gasteiger partial charge in [0.05, 0.1) is 11.0 Å². The summed E-state index contributed by atoms with van der Waals surface area (Å²) in [6.07, 6.45) is 3.36. The van der Waals surface area contributed by atoms with Crippen molar-refractivity contribution in [3.8, 4) is 0 Å². The summed E-state index contributed by atoms with van der Waals surface area (Å²) in [5, 5.41) is 0. The number of rotatable bonds is 3. The van der Waals surface area contributed by atoms with Gasteiger partial charge in [-0.15, -0.1) is 0 Å². The van der Waals surface area contributed by atoms with E-state index in [0.717, 1.165) is 10.0 Å². The van der Waals surface area contributed by atoms with Crippen LogP contribution in [0.4, 0.5) is 5.82 Å². The molecule has 18 heavy (non-hydrogen) atoms. The van der Waals surface area contributed by atoms with E-state index in [2.05, 4.69) is 42.3 Å². The summed E-state index contributed by atoms with van der Waals surface area (Å²) < 4.78 is 2.90. The standard InChI is InChI=1S/C11H10Br2N4O/c12-8-4-9(13)11(18)17(6-8)5-7-2-1-3-15-10(7)16-14/h1-4,6H,5,14H2,(H,15,16). The first kappa shape index (κ1) is 13.3. The molecule has 2 rings (SSSR count). The van der Waals surface area contributed by atoms with Crippen molar-refractivity contribution in [1.29, 1.82) is 0 Å². The van der Waals surface area contributed by atoms with Crippen molar-refractivity contribution >= 4 is 37.7 Å². The molecule has 7 heteroatoms. The fourth-order valence-corrected chi connectivity index (χ4v) is 2.82. The van der Waals surface area contributed by atoms with E-state index in [9.17, 15) is 4.79 Å². The van der Waals surface area contributed by atoms with Crippen LogP contribution in [-0.4, -0.2) is 9.55 Å². The Morgan fingerprint density at radius 3 is 2.94 bits per heavy atom. The molecule has 2 heterocycles. The lowest BCUT2D eigenvalue weighted by atomic mass is 10.2. The molecular weight excluding hydrogens is 364 g/mol. The van der Waals surface area contributed by atoms with E-state index in [-0.39, 0.29) is 5.56 Å². The molecule has 0 unspecified atom stereocenters. The molecule has 2 aromatic rings. The van der Waals surface area contributed by atoms with Crippen LogP contribution in [0.25, 0.3) is 0 Å². The molecule has 94 valence electrons. The Bertz CT molecular complexity index is 627. The van der Waals surface area contributed by atoms with Gasteiger partial charge >= 0.3 is 0 Å². The van der Waals surface area contributed by atoms with Crippen molar-refractivity contribution < 1.29 is 0 Å². The molecule has 0 saturated carbocycles. The molecule has 5 nitrogen and oxygen atoms in total. The fourth-order valence-electron chi connectivity index (χ4n) is 1.56. The van der Waals surface area contributed by atoms with Gasteiger partial charge in [-0.2, -0.15) is 0 Å². The van der Waals surface area contributed by atoms with E-state index >= 15 is 0 Å². The molecule has 0 atom stereocenters. The highest BCUT2D eigenvalue weighted by molar-refractivity contribution is 9.11. The Balaban J connectivity index is 2.43. The monoisotopic (exact) mass is 372 g/mol. The number of aromatic nitrogens is 2. The smallest absolute Gasteiger partial charge is 0.265 e. The molecular formula is C11H10Br2N4O. The summed E-state index contributed by atoms with van der Waals surface area (Å²) in [5.74, 6) is 5.94. The number of nitrogens with zero attached hydrogens (tertiary/aromatic N) is 2. The van der Waals surface area contributed by atoms with Gasteiger partial charge in [0.2, 0.25) is 0 Å². The van der Waals surface area contributed by atoms with Gasteiger partial charge in [-0.25, -0.2) is 10.8 Å². The molecule has 0 fully saturated rings. The molecule has 0 bridgehead atoms. The zero-order valence-electron chi connectivity index (χ0n) is 9.23. The van der Waals surface area contributed by atoms with E-state index in [1.807, 2.05) is 6.07 Å². The number of hydrogen-bond acceptors (Lipinski definition) is 4. The van der Waals surface area contributed by atoms with E-state index in [0.29, 0.717) is 16.8 Å². The summed E-state index contributed by atoms with van der Waals surface area (Å²) >= 11 is 6.58. The number of nitrogens with one attached hydrogen (secondary N) is 1. The van der Waals surface area contributed by atoms with Crippen LogP contribution in [0, 0.1) is 0 Å². The van der Waals surface area contributed by atoms with Crippen LogP contribution in [0.15, 0.2) is 44.3 Å². The van der Waals surface area contributed by atoms with Gasteiger partial charge in [0.15, 0.2) is 0 Å². The number of hydrogen-bond donors (Lipinski definition) is 2. The van der Waals surface area contributed by atoms with Gasteiger partial charge in [-0.3, -0.25) is 4.79 Å². The van der Waals surface area contributed by atoms with Crippen molar-refractivity contribution in [2.24, 2.45) is 5.84 Å². The number of nitrogen functional groups attached to an aromatic ring is 1. The molecule has 0 aliphatic carbocycles. The van der Waals surface area contributed by atoms with Gasteiger partial charge in [0, 0.05) is 22.4 Å². The average molecular weight is 374 g/mol. The zero-order valence-corrected chi connectivity index (χ0v) is 12.4. The Kier molecular flexibility index (Phi) is 4.15. The van der Waals surface area contributed by atoms with Crippen molar-refractivity contribution in [2.45, 2.75) is 6.54 Å². The summed E-state index contributed by atoms with van der Waals surface area (Å²) in [6.45, 7) is 0.393. The predicted octanol–water partition coefficient (Wildman–Crippen LogP) is 2.10. The average Bonchev–Trinajstić information content (AvgIpc) is 2.36. The summed E-state index contributed by atoms with van der Waals surface area (Å²) in [5.41, 5.74) is 3.25. The van der Waals surface area contributed by atoms with Crippen molar-refractivity contribution in [3.63, 3.8) is 0 Å². The van der Waals surface area contributed by atoms with E-state index in [1.54, 1.807) is 29.1 Å². The molecule has 3 N–H and O–H groups in total. The maximum Gasteiger partial charge on any atom is 0.265 e. The third-order valence-corrected chi connectivity index (χ3v) is 3.38. The number of anilines is 1. The second-order valence-corrected chi connectivity index (χ2v) is 5.36. The second-order valence-electron chi connectivity index (χ2n) is 3.59. The molecule has 0 radical (unpaired) electrons. The Labute approximate surface area is 120 Å². The highest BCUT2D eigenvalue weighted by atomic mass is 79.9. The van der Waals surface area contributed by atoms with Gasteiger partial charge < -0.3 is 9.99 Å². The van der Waals surface area contributed by atoms with Crippen molar-refractivity contribution in [2.75, 3.05) is 5.43 Å². The number of halogens is 2. The quantitative estimate of drug-likeness (QED) is 0.638. The summed E-state index contributed by atoms with van der Waals surface area (Å²) in [7, 11) is 0. The molecule has 0 aliphatic heterocycles. The molecule has 0 aliphatic rings. The molecule has 0 spiro atoms. The topological polar surface area (TPSA) is 72.9 Å². The van der Waals surface area contributed by atoms with Crippen LogP contribution < -0.4 is 16.8 Å². The predicted molar refractivity (Wildman–Crippen MR) is 77.3 cm³/mol. The minimum atomic E-state index is -0.106. The zero-order chi connectivity index (χ0) is 13.1. The fraction of sp³-hybridized carbons (Fsp3) is 0.0909. The first-order valence-corrected chi connectivity index (χ1v) is 6.66. The largest absolute Gasteiger partial charge is 0.309 e. The Morgan fingerprint density at radius 2 is 2.22 bits per heavy atom. The lowest BCUT2D eigenvalue weighted by Gasteiger charge is -2.10. The minimum absolute atomic E-state index is 0.106. The van der Waals surface area contributed by atoms with Crippen LogP contribution >= 0.6 is 31.9 Å². The van der Waals surface area contributed by atoms with Gasteiger partial charge in [0.1, 0.15) is 5.82 Å². The molecule has 2 aromatic heterocycles. The SMILES string of the molecule is NNc1ncccc1Cn1cc(Br)cc(Br)c1=O. The molecule has 0 aromatic carbocycles. The van der Waals surface area contributed by atoms with E-state index in [4.69, 9.17) is 5.84 Å². The molecule has 0 amide bonds. The third kappa shape index (κ3) is 2.80. The first-order valence-electron chi connectivity index (χ1n) is 5.08. The van der Waals surface area contributed by atoms with Crippen LogP contribution in [0.3, 0.4) is 0 Å². The second kappa shape index (κ2) is 5.64. The number of hydrazine groups is 1. The van der Waals surface area contributed by atoms with Gasteiger partial charge in [0.25, 0.3) is 5.56 Å². The van der Waals surface area contributed by atoms with Crippen LogP contribution in [0.2, 0.25) is 0 Å². The number of nitrogens with two attached hydrogens (primary N) is 1. The maximum atomic E-state index is 11.9. The highest BCUT2D eigenvalue weighted by Crippen LogP contribution is 2.15. The summed E-state index contributed by atoms with van der Waals surface area (Å²) in [4.78, 5) is 16.0. The molecule has 0 saturated heterocycles. The van der Waals surface area contributed by atoms with Crippen molar-refractivity contribution in [1.82, 2.24) is 9.55 Å². The lowest BCUT2D eigenvalue weighted by molar-refractivity contribution is 0.749. The van der Waals surface area contributed by atoms with Gasteiger partial charge in [-0.1, -0.05) is 6.07 Å². The van der Waals surface area contributed by atoms with Crippen molar-refractivity contribution in [3.05, 3.63) is 55.5 Å². The Hall–Kier alpha value is -1.18. The minimum Gasteiger partial charge on any atom is -0.309 e. The lowest BCUT2D eigenvalue weighted by Crippen LogP contribution is -2.22. The third-order valence-electron chi connectivity index (χ3n) is 2.38. The van der Waals surface area contributed by atoms with Crippen LogP contribution in [-0.2, 0) is 6.54 Å². The van der Waals surface area contributed by atoms with Crippen LogP contribution in [0.5, 0.6) is 0 Å². The highest BCUT2D eigenvalue weighted by Gasteiger charge is 2.07. The Morgan fingerprint density at radius 1 is 1.44 bits per heavy atom. The van der Waals surface area contributed by atoms with Gasteiger partial charge in [-0.05, 0) is 44.0 Å². The van der Waals surface area contributed by atoms with E-state index < -0.39 is 0 Å². The van der Waals surface area contributed by atoms with E-state index in [1.165, 1.54) is 0 Å². The van der Waals surface area contributed by atoms with Crippen LogP contribution in [0.1, 0.15) is 5.56 Å². The normalized spacial score (nSPS) is 10.4. The summed E-state index contributed by atoms with van der Waals surface area (Å²) in [6, 6.07) is 5.38. The number of pyridine rings is 2. The first-order chi connectivity index (χ1) is 8.61. The maximum absolute atomic E-state index is 11.9.